The second-order valence-electron chi connectivity index (χ2n) is 6.46. The van der Waals surface area contributed by atoms with E-state index in [9.17, 15) is 4.79 Å². The molecule has 1 aliphatic rings. The topological polar surface area (TPSA) is 54.0 Å². The van der Waals surface area contributed by atoms with Gasteiger partial charge in [-0.05, 0) is 32.4 Å². The summed E-state index contributed by atoms with van der Waals surface area (Å²) in [6.07, 6.45) is 0. The number of nitrogens with zero attached hydrogens (tertiary/aromatic N) is 2. The van der Waals surface area contributed by atoms with Crippen molar-refractivity contribution >= 4 is 6.03 Å². The zero-order chi connectivity index (χ0) is 18.1. The van der Waals surface area contributed by atoms with Crippen molar-refractivity contribution in [3.05, 3.63) is 29.8 Å². The Morgan fingerprint density at radius 2 is 2.08 bits per heavy atom. The highest BCUT2D eigenvalue weighted by Gasteiger charge is 2.17. The number of aryl methyl sites for hydroxylation is 1. The van der Waals surface area contributed by atoms with E-state index in [2.05, 4.69) is 10.2 Å². The number of ether oxygens (including phenoxy) is 2. The number of morpholine rings is 1. The number of carbonyl (C=O) groups excluding carboxylic acids is 1. The molecule has 2 rings (SSSR count). The van der Waals surface area contributed by atoms with Crippen LogP contribution in [0, 0.1) is 6.92 Å². The highest BCUT2D eigenvalue weighted by atomic mass is 16.5. The standard InChI is InChI=1S/C19H31N3O3/c1-4-22(10-9-21-11-13-24-14-12-21)19(23)20-17(3)15-25-18-8-6-5-7-16(18)2/h5-8,17H,4,9-15H2,1-3H3,(H,20,23)/t17-/m0/s1. The maximum atomic E-state index is 12.5. The van der Waals surface area contributed by atoms with Crippen molar-refractivity contribution in [1.82, 2.24) is 15.1 Å². The summed E-state index contributed by atoms with van der Waals surface area (Å²) in [7, 11) is 0. The molecule has 1 aliphatic heterocycles. The maximum absolute atomic E-state index is 12.5. The summed E-state index contributed by atoms with van der Waals surface area (Å²) < 4.78 is 11.2. The lowest BCUT2D eigenvalue weighted by atomic mass is 10.2. The van der Waals surface area contributed by atoms with Crippen LogP contribution in [0.5, 0.6) is 5.75 Å². The molecule has 0 aromatic heterocycles. The predicted molar refractivity (Wildman–Crippen MR) is 99.2 cm³/mol. The minimum Gasteiger partial charge on any atom is -0.491 e. The van der Waals surface area contributed by atoms with E-state index in [4.69, 9.17) is 9.47 Å². The van der Waals surface area contributed by atoms with Crippen molar-refractivity contribution in [2.45, 2.75) is 26.8 Å². The lowest BCUT2D eigenvalue weighted by Gasteiger charge is -2.30. The van der Waals surface area contributed by atoms with Gasteiger partial charge < -0.3 is 19.7 Å². The molecule has 6 heteroatoms. The number of carbonyl (C=O) groups is 1. The number of hydrogen-bond donors (Lipinski definition) is 1. The SMILES string of the molecule is CCN(CCN1CCOCC1)C(=O)N[C@@H](C)COc1ccccc1C. The summed E-state index contributed by atoms with van der Waals surface area (Å²) >= 11 is 0. The Morgan fingerprint density at radius 3 is 2.76 bits per heavy atom. The highest BCUT2D eigenvalue weighted by Crippen LogP contribution is 2.16. The average molecular weight is 349 g/mol. The number of benzene rings is 1. The van der Waals surface area contributed by atoms with E-state index >= 15 is 0 Å². The average Bonchev–Trinajstić information content (AvgIpc) is 2.62. The lowest BCUT2D eigenvalue weighted by molar-refractivity contribution is 0.0350. The van der Waals surface area contributed by atoms with E-state index in [-0.39, 0.29) is 12.1 Å². The molecule has 0 saturated carbocycles. The normalized spacial score (nSPS) is 16.3. The van der Waals surface area contributed by atoms with Crippen molar-refractivity contribution in [2.24, 2.45) is 0 Å². The second kappa shape index (κ2) is 10.3. The largest absolute Gasteiger partial charge is 0.491 e. The Labute approximate surface area is 151 Å². The molecule has 1 saturated heterocycles. The highest BCUT2D eigenvalue weighted by molar-refractivity contribution is 5.74. The van der Waals surface area contributed by atoms with Crippen LogP contribution in [0.25, 0.3) is 0 Å². The third kappa shape index (κ3) is 6.55. The Kier molecular flexibility index (Phi) is 8.01. The van der Waals surface area contributed by atoms with Gasteiger partial charge in [0.05, 0.1) is 19.3 Å². The van der Waals surface area contributed by atoms with E-state index in [1.165, 1.54) is 0 Å². The van der Waals surface area contributed by atoms with Crippen molar-refractivity contribution in [3.63, 3.8) is 0 Å². The zero-order valence-electron chi connectivity index (χ0n) is 15.7. The molecule has 6 nitrogen and oxygen atoms in total. The van der Waals surface area contributed by atoms with Gasteiger partial charge in [-0.2, -0.15) is 0 Å². The van der Waals surface area contributed by atoms with Gasteiger partial charge in [-0.1, -0.05) is 18.2 Å². The lowest BCUT2D eigenvalue weighted by Crippen LogP contribution is -2.49. The zero-order valence-corrected chi connectivity index (χ0v) is 15.7. The molecule has 0 spiro atoms. The van der Waals surface area contributed by atoms with E-state index in [0.717, 1.165) is 50.7 Å². The molecule has 1 fully saturated rings. The second-order valence-corrected chi connectivity index (χ2v) is 6.46. The van der Waals surface area contributed by atoms with E-state index in [1.807, 2.05) is 49.9 Å². The van der Waals surface area contributed by atoms with Gasteiger partial charge in [0.1, 0.15) is 12.4 Å². The van der Waals surface area contributed by atoms with Crippen LogP contribution in [0.2, 0.25) is 0 Å². The third-order valence-electron chi connectivity index (χ3n) is 4.41. The van der Waals surface area contributed by atoms with Gasteiger partial charge in [0, 0.05) is 32.7 Å². The summed E-state index contributed by atoms with van der Waals surface area (Å²) in [4.78, 5) is 16.6. The smallest absolute Gasteiger partial charge is 0.317 e. The fourth-order valence-corrected chi connectivity index (χ4v) is 2.77. The fraction of sp³-hybridized carbons (Fsp3) is 0.632. The van der Waals surface area contributed by atoms with Gasteiger partial charge >= 0.3 is 6.03 Å². The molecular formula is C19H31N3O3. The number of nitrogens with one attached hydrogen (secondary N) is 1. The summed E-state index contributed by atoms with van der Waals surface area (Å²) in [5, 5.41) is 3.03. The number of amides is 2. The predicted octanol–water partition coefficient (Wildman–Crippen LogP) is 2.13. The first-order valence-electron chi connectivity index (χ1n) is 9.14. The van der Waals surface area contributed by atoms with Gasteiger partial charge in [-0.15, -0.1) is 0 Å². The first kappa shape index (κ1) is 19.5. The molecule has 0 radical (unpaired) electrons. The summed E-state index contributed by atoms with van der Waals surface area (Å²) in [5.41, 5.74) is 1.10. The Morgan fingerprint density at radius 1 is 1.36 bits per heavy atom. The van der Waals surface area contributed by atoms with Crippen molar-refractivity contribution in [3.8, 4) is 5.75 Å². The number of likely N-dealkylation sites (N-methyl/N-ethyl adjacent to an activating group) is 1. The van der Waals surface area contributed by atoms with Gasteiger partial charge in [0.15, 0.2) is 0 Å². The van der Waals surface area contributed by atoms with Crippen LogP contribution in [-0.4, -0.2) is 74.4 Å². The first-order valence-corrected chi connectivity index (χ1v) is 9.14. The van der Waals surface area contributed by atoms with Gasteiger partial charge in [-0.3, -0.25) is 4.90 Å². The van der Waals surface area contributed by atoms with Crippen molar-refractivity contribution in [2.75, 3.05) is 52.5 Å². The molecule has 25 heavy (non-hydrogen) atoms. The number of para-hydroxylation sites is 1. The molecule has 0 aliphatic carbocycles. The number of rotatable bonds is 8. The van der Waals surface area contributed by atoms with E-state index < -0.39 is 0 Å². The van der Waals surface area contributed by atoms with E-state index in [0.29, 0.717) is 13.2 Å². The van der Waals surface area contributed by atoms with Crippen LogP contribution in [0.1, 0.15) is 19.4 Å². The van der Waals surface area contributed by atoms with Crippen molar-refractivity contribution < 1.29 is 14.3 Å². The van der Waals surface area contributed by atoms with Crippen LogP contribution in [0.15, 0.2) is 24.3 Å². The molecule has 1 N–H and O–H groups in total. The van der Waals surface area contributed by atoms with Gasteiger partial charge in [0.2, 0.25) is 0 Å². The minimum atomic E-state index is -0.0513. The number of urea groups is 1. The van der Waals surface area contributed by atoms with Crippen LogP contribution in [0.4, 0.5) is 4.79 Å². The number of hydrogen-bond acceptors (Lipinski definition) is 4. The Balaban J connectivity index is 1.72. The summed E-state index contributed by atoms with van der Waals surface area (Å²) in [6, 6.07) is 7.83. The fourth-order valence-electron chi connectivity index (χ4n) is 2.77. The van der Waals surface area contributed by atoms with Crippen LogP contribution in [0.3, 0.4) is 0 Å². The molecule has 1 atom stereocenters. The molecule has 0 unspecified atom stereocenters. The molecule has 1 heterocycles. The molecule has 0 bridgehead atoms. The van der Waals surface area contributed by atoms with Crippen molar-refractivity contribution in [1.29, 1.82) is 0 Å². The molecular weight excluding hydrogens is 318 g/mol. The quantitative estimate of drug-likeness (QED) is 0.781. The molecule has 140 valence electrons. The van der Waals surface area contributed by atoms with Crippen LogP contribution < -0.4 is 10.1 Å². The summed E-state index contributed by atoms with van der Waals surface area (Å²) in [6.45, 7) is 12.2. The van der Waals surface area contributed by atoms with Gasteiger partial charge in [-0.25, -0.2) is 4.79 Å². The molecule has 1 aromatic carbocycles. The third-order valence-corrected chi connectivity index (χ3v) is 4.41. The van der Waals surface area contributed by atoms with E-state index in [1.54, 1.807) is 0 Å². The Bertz CT molecular complexity index is 532. The van der Waals surface area contributed by atoms with Crippen LogP contribution >= 0.6 is 0 Å². The first-order chi connectivity index (χ1) is 12.1. The molecule has 2 amide bonds. The monoisotopic (exact) mass is 349 g/mol. The maximum Gasteiger partial charge on any atom is 0.317 e. The summed E-state index contributed by atoms with van der Waals surface area (Å²) in [5.74, 6) is 0.864. The van der Waals surface area contributed by atoms with Gasteiger partial charge in [0.25, 0.3) is 0 Å². The van der Waals surface area contributed by atoms with Crippen LogP contribution in [-0.2, 0) is 4.74 Å². The molecule has 1 aromatic rings. The minimum absolute atomic E-state index is 0.0309. The Hall–Kier alpha value is -1.79.